The zero-order valence-corrected chi connectivity index (χ0v) is 22.8. The summed E-state index contributed by atoms with van der Waals surface area (Å²) in [7, 11) is -0.869. The van der Waals surface area contributed by atoms with E-state index in [1.807, 2.05) is 27.7 Å². The molecule has 3 aliphatic heterocycles. The molecule has 0 aromatic heterocycles. The Morgan fingerprint density at radius 2 is 1.82 bits per heavy atom. The number of hydrogen-bond donors (Lipinski definition) is 1. The van der Waals surface area contributed by atoms with Crippen LogP contribution in [0.5, 0.6) is 0 Å². The summed E-state index contributed by atoms with van der Waals surface area (Å²) in [6, 6.07) is 0. The molecule has 0 radical (unpaired) electrons. The molecule has 0 aliphatic carbocycles. The lowest BCUT2D eigenvalue weighted by Crippen LogP contribution is -2.60. The molecule has 11 heteroatoms. The van der Waals surface area contributed by atoms with Gasteiger partial charge in [-0.05, 0) is 38.0 Å². The quantitative estimate of drug-likeness (QED) is 0.243. The van der Waals surface area contributed by atoms with E-state index in [-0.39, 0.29) is 34.1 Å². The van der Waals surface area contributed by atoms with Crippen molar-refractivity contribution in [3.63, 3.8) is 0 Å². The zero-order chi connectivity index (χ0) is 25.2. The minimum absolute atomic E-state index is 0.0931. The van der Waals surface area contributed by atoms with Crippen LogP contribution in [0.25, 0.3) is 0 Å². The molecule has 1 amide bonds. The largest absolute Gasteiger partial charge is 0.428 e. The molecule has 1 N–H and O–H groups in total. The number of carbonyl (C=O) groups is 3. The van der Waals surface area contributed by atoms with E-state index in [4.69, 9.17) is 9.47 Å². The van der Waals surface area contributed by atoms with Crippen LogP contribution >= 0.6 is 23.5 Å². The second-order valence-corrected chi connectivity index (χ2v) is 14.2. The Kier molecular flexibility index (Phi) is 9.56. The number of aliphatic hydroxyl groups is 1. The lowest BCUT2D eigenvalue weighted by Gasteiger charge is -2.43. The molecule has 3 rings (SSSR count). The number of ether oxygens (including phenoxy) is 2. The van der Waals surface area contributed by atoms with Gasteiger partial charge in [0.25, 0.3) is 0 Å². The van der Waals surface area contributed by atoms with Gasteiger partial charge in [0.15, 0.2) is 5.70 Å². The van der Waals surface area contributed by atoms with Crippen molar-refractivity contribution >= 4 is 52.2 Å². The summed E-state index contributed by atoms with van der Waals surface area (Å²) in [5, 5.41) is 9.72. The van der Waals surface area contributed by atoms with Gasteiger partial charge in [-0.1, -0.05) is 39.5 Å². The number of thioether (sulfide) groups is 2. The average molecular weight is 534 g/mol. The number of esters is 2. The van der Waals surface area contributed by atoms with Crippen LogP contribution in [-0.4, -0.2) is 67.1 Å². The molecule has 0 unspecified atom stereocenters. The van der Waals surface area contributed by atoms with E-state index < -0.39 is 35.6 Å². The molecule has 0 aromatic rings. The highest BCUT2D eigenvalue weighted by atomic mass is 32.2. The van der Waals surface area contributed by atoms with Crippen molar-refractivity contribution in [3.8, 4) is 0 Å². The highest BCUT2D eigenvalue weighted by Crippen LogP contribution is 2.55. The predicted molar refractivity (Wildman–Crippen MR) is 134 cm³/mol. The Labute approximate surface area is 212 Å². The maximum atomic E-state index is 13.0. The van der Waals surface area contributed by atoms with E-state index in [0.29, 0.717) is 40.4 Å². The highest BCUT2D eigenvalue weighted by molar-refractivity contribution is 8.23. The first-order chi connectivity index (χ1) is 16.0. The van der Waals surface area contributed by atoms with E-state index in [9.17, 15) is 23.7 Å². The van der Waals surface area contributed by atoms with Crippen molar-refractivity contribution < 1.29 is 33.2 Å². The van der Waals surface area contributed by atoms with E-state index in [2.05, 4.69) is 0 Å². The summed E-state index contributed by atoms with van der Waals surface area (Å²) in [6.07, 6.45) is 1.33. The number of aliphatic hydroxyl groups excluding tert-OH is 1. The normalized spacial score (nSPS) is 27.4. The molecule has 5 atom stereocenters. The van der Waals surface area contributed by atoms with Gasteiger partial charge in [0.2, 0.25) is 12.7 Å². The van der Waals surface area contributed by atoms with Crippen LogP contribution < -0.4 is 0 Å². The Morgan fingerprint density at radius 1 is 1.18 bits per heavy atom. The number of amides is 1. The van der Waals surface area contributed by atoms with Gasteiger partial charge in [-0.15, -0.1) is 11.8 Å². The first-order valence-corrected chi connectivity index (χ1v) is 15.0. The van der Waals surface area contributed by atoms with Crippen molar-refractivity contribution in [3.05, 3.63) is 9.93 Å². The second-order valence-electron chi connectivity index (χ2n) is 9.93. The third-order valence-corrected chi connectivity index (χ3v) is 10.6. The molecular formula is C23H35NO7S3. The maximum Gasteiger partial charge on any atom is 0.359 e. The van der Waals surface area contributed by atoms with Gasteiger partial charge in [0, 0.05) is 27.6 Å². The summed E-state index contributed by atoms with van der Waals surface area (Å²) in [5.74, 6) is -0.457. The smallest absolute Gasteiger partial charge is 0.359 e. The molecule has 3 aliphatic rings. The predicted octanol–water partition coefficient (Wildman–Crippen LogP) is 3.07. The van der Waals surface area contributed by atoms with Gasteiger partial charge in [-0.2, -0.15) is 0 Å². The van der Waals surface area contributed by atoms with Crippen molar-refractivity contribution in [2.75, 3.05) is 18.3 Å². The van der Waals surface area contributed by atoms with Crippen LogP contribution in [0, 0.1) is 23.7 Å². The van der Waals surface area contributed by atoms with Crippen molar-refractivity contribution in [1.29, 1.82) is 0 Å². The molecule has 0 bridgehead atoms. The molecule has 3 heterocycles. The van der Waals surface area contributed by atoms with Crippen LogP contribution in [0.4, 0.5) is 0 Å². The van der Waals surface area contributed by atoms with Gasteiger partial charge >= 0.3 is 11.9 Å². The number of fused-ring (bicyclic) bond motifs is 1. The molecule has 192 valence electrons. The van der Waals surface area contributed by atoms with Crippen LogP contribution in [0.3, 0.4) is 0 Å². The Bertz CT molecular complexity index is 848. The van der Waals surface area contributed by atoms with E-state index >= 15 is 0 Å². The van der Waals surface area contributed by atoms with Crippen LogP contribution in [0.15, 0.2) is 9.93 Å². The Hall–Kier alpha value is -1.04. The van der Waals surface area contributed by atoms with E-state index in [0.717, 1.165) is 6.42 Å². The molecule has 8 nitrogen and oxygen atoms in total. The number of β-lactam (4-membered cyclic amide) rings is 1. The van der Waals surface area contributed by atoms with Gasteiger partial charge in [-0.25, -0.2) is 4.79 Å². The first kappa shape index (κ1) is 27.5. The summed E-state index contributed by atoms with van der Waals surface area (Å²) >= 11 is 2.81. The van der Waals surface area contributed by atoms with Gasteiger partial charge in [0.1, 0.15) is 5.37 Å². The summed E-state index contributed by atoms with van der Waals surface area (Å²) in [4.78, 5) is 39.6. The molecule has 2 saturated heterocycles. The SMILES string of the molecule is CC(C)CC(CC(C)C)C(=O)OCOC(=O)C1=C(S[C@H]2CC[S@@](=O)C2)S[C@@H]2[C@@H]([C@@H](C)O)C(=O)N12. The number of rotatable bonds is 11. The van der Waals surface area contributed by atoms with E-state index in [1.165, 1.54) is 28.4 Å². The summed E-state index contributed by atoms with van der Waals surface area (Å²) < 4.78 is 23.0. The number of nitrogens with zero attached hydrogens (tertiary/aromatic N) is 1. The first-order valence-electron chi connectivity index (χ1n) is 11.8. The lowest BCUT2D eigenvalue weighted by molar-refractivity contribution is -0.172. The molecule has 0 spiro atoms. The van der Waals surface area contributed by atoms with Gasteiger partial charge < -0.3 is 14.6 Å². The third kappa shape index (κ3) is 6.39. The summed E-state index contributed by atoms with van der Waals surface area (Å²) in [5.41, 5.74) is 0.136. The molecule has 2 fully saturated rings. The van der Waals surface area contributed by atoms with Gasteiger partial charge in [-0.3, -0.25) is 18.7 Å². The number of carbonyl (C=O) groups excluding carboxylic acids is 3. The molecular weight excluding hydrogens is 498 g/mol. The maximum absolute atomic E-state index is 13.0. The van der Waals surface area contributed by atoms with E-state index in [1.54, 1.807) is 6.92 Å². The number of hydrogen-bond acceptors (Lipinski definition) is 9. The van der Waals surface area contributed by atoms with Crippen molar-refractivity contribution in [2.24, 2.45) is 23.7 Å². The van der Waals surface area contributed by atoms with Crippen molar-refractivity contribution in [2.45, 2.75) is 70.6 Å². The topological polar surface area (TPSA) is 110 Å². The fourth-order valence-corrected chi connectivity index (χ4v) is 9.71. The Balaban J connectivity index is 1.66. The Morgan fingerprint density at radius 3 is 2.35 bits per heavy atom. The molecule has 0 aromatic carbocycles. The van der Waals surface area contributed by atoms with Crippen molar-refractivity contribution in [1.82, 2.24) is 4.90 Å². The highest BCUT2D eigenvalue weighted by Gasteiger charge is 2.58. The monoisotopic (exact) mass is 533 g/mol. The average Bonchev–Trinajstić information content (AvgIpc) is 3.27. The fourth-order valence-electron chi connectivity index (χ4n) is 4.46. The zero-order valence-electron chi connectivity index (χ0n) is 20.4. The standard InChI is InChI=1S/C23H35NO7S3/c1-12(2)8-15(9-13(3)4)21(27)30-11-31-22(28)18-23(32-16-6-7-34(29)10-16)33-20-17(14(5)25)19(26)24(18)20/h12-17,20,25H,6-11H2,1-5H3/t14-,16+,17+,20-,34-/m1/s1. The fraction of sp³-hybridized carbons (Fsp3) is 0.783. The third-order valence-electron chi connectivity index (χ3n) is 6.01. The second kappa shape index (κ2) is 11.8. The van der Waals surface area contributed by atoms with Crippen LogP contribution in [0.1, 0.15) is 53.9 Å². The summed E-state index contributed by atoms with van der Waals surface area (Å²) in [6.45, 7) is 9.23. The van der Waals surface area contributed by atoms with Crippen LogP contribution in [0.2, 0.25) is 0 Å². The molecule has 34 heavy (non-hydrogen) atoms. The minimum atomic E-state index is -0.869. The minimum Gasteiger partial charge on any atom is -0.428 e. The lowest BCUT2D eigenvalue weighted by atomic mass is 9.89. The van der Waals surface area contributed by atoms with Gasteiger partial charge in [0.05, 0.1) is 22.2 Å². The van der Waals surface area contributed by atoms with Crippen LogP contribution in [-0.2, 0) is 34.7 Å². The molecule has 0 saturated carbocycles.